The van der Waals surface area contributed by atoms with E-state index in [4.69, 9.17) is 5.73 Å². The molecule has 0 radical (unpaired) electrons. The first-order chi connectivity index (χ1) is 8.00. The zero-order chi connectivity index (χ0) is 12.6. The number of hydrogen-bond acceptors (Lipinski definition) is 3. The normalized spacial score (nSPS) is 25.1. The third-order valence-electron chi connectivity index (χ3n) is 3.34. The molecule has 3 nitrogen and oxygen atoms in total. The van der Waals surface area contributed by atoms with Gasteiger partial charge in [-0.25, -0.2) is 8.78 Å². The molecule has 1 aliphatic heterocycles. The third kappa shape index (κ3) is 2.20. The summed E-state index contributed by atoms with van der Waals surface area (Å²) in [7, 11) is 0. The van der Waals surface area contributed by atoms with Gasteiger partial charge in [0.05, 0.1) is 17.5 Å². The zero-order valence-corrected chi connectivity index (χ0v) is 9.66. The van der Waals surface area contributed by atoms with E-state index in [2.05, 4.69) is 0 Å². The van der Waals surface area contributed by atoms with Crippen molar-refractivity contribution in [1.29, 1.82) is 0 Å². The van der Waals surface area contributed by atoms with E-state index in [1.807, 2.05) is 6.92 Å². The van der Waals surface area contributed by atoms with E-state index in [0.717, 1.165) is 12.5 Å². The monoisotopic (exact) mass is 242 g/mol. The molecule has 2 unspecified atom stereocenters. The highest BCUT2D eigenvalue weighted by molar-refractivity contribution is 5.68. The van der Waals surface area contributed by atoms with Gasteiger partial charge in [-0.05, 0) is 24.5 Å². The number of nitrogens with two attached hydrogens (primary N) is 1. The molecule has 1 saturated heterocycles. The fourth-order valence-electron chi connectivity index (χ4n) is 2.13. The van der Waals surface area contributed by atoms with Gasteiger partial charge in [0.1, 0.15) is 0 Å². The molecule has 94 valence electrons. The summed E-state index contributed by atoms with van der Waals surface area (Å²) < 4.78 is 26.9. The summed E-state index contributed by atoms with van der Waals surface area (Å²) in [5.74, 6) is -1.68. The van der Waals surface area contributed by atoms with E-state index in [1.165, 1.54) is 6.07 Å². The lowest BCUT2D eigenvalue weighted by molar-refractivity contribution is 0.102. The first-order valence-electron chi connectivity index (χ1n) is 5.67. The zero-order valence-electron chi connectivity index (χ0n) is 9.66. The van der Waals surface area contributed by atoms with Crippen LogP contribution in [0.15, 0.2) is 12.1 Å². The van der Waals surface area contributed by atoms with E-state index < -0.39 is 17.7 Å². The van der Waals surface area contributed by atoms with Crippen molar-refractivity contribution in [3.63, 3.8) is 0 Å². The van der Waals surface area contributed by atoms with Crippen LogP contribution in [0.2, 0.25) is 0 Å². The highest BCUT2D eigenvalue weighted by atomic mass is 19.2. The quantitative estimate of drug-likeness (QED) is 0.738. The average molecular weight is 242 g/mol. The number of halogens is 2. The second-order valence-electron chi connectivity index (χ2n) is 4.58. The molecular formula is C12H16F2N2O. The first kappa shape index (κ1) is 12.1. The second kappa shape index (κ2) is 4.49. The van der Waals surface area contributed by atoms with Crippen LogP contribution in [-0.4, -0.2) is 24.3 Å². The predicted octanol–water partition coefficient (Wildman–Crippen LogP) is 1.75. The maximum atomic E-state index is 13.7. The Balaban J connectivity index is 2.31. The fourth-order valence-corrected chi connectivity index (χ4v) is 2.13. The van der Waals surface area contributed by atoms with Crippen molar-refractivity contribution in [2.45, 2.75) is 19.4 Å². The van der Waals surface area contributed by atoms with E-state index >= 15 is 0 Å². The molecule has 3 N–H and O–H groups in total. The van der Waals surface area contributed by atoms with Crippen LogP contribution >= 0.6 is 0 Å². The lowest BCUT2D eigenvalue weighted by Gasteiger charge is -2.36. The average Bonchev–Trinajstić information content (AvgIpc) is 2.29. The smallest absolute Gasteiger partial charge is 0.184 e. The molecule has 1 aromatic carbocycles. The summed E-state index contributed by atoms with van der Waals surface area (Å²) in [5.41, 5.74) is 5.94. The van der Waals surface area contributed by atoms with Crippen LogP contribution in [0.25, 0.3) is 0 Å². The Morgan fingerprint density at radius 2 is 2.12 bits per heavy atom. The number of nitrogen functional groups attached to an aromatic ring is 1. The highest BCUT2D eigenvalue weighted by Crippen LogP contribution is 2.31. The lowest BCUT2D eigenvalue weighted by atomic mass is 9.95. The molecule has 2 rings (SSSR count). The Hall–Kier alpha value is -1.36. The minimum atomic E-state index is -0.938. The summed E-state index contributed by atoms with van der Waals surface area (Å²) in [4.78, 5) is 1.61. The van der Waals surface area contributed by atoms with Gasteiger partial charge >= 0.3 is 0 Å². The largest absolute Gasteiger partial charge is 0.397 e. The van der Waals surface area contributed by atoms with Gasteiger partial charge in [0.25, 0.3) is 0 Å². The van der Waals surface area contributed by atoms with Gasteiger partial charge in [0, 0.05) is 13.1 Å². The summed E-state index contributed by atoms with van der Waals surface area (Å²) in [6.45, 7) is 2.79. The van der Waals surface area contributed by atoms with Crippen molar-refractivity contribution >= 4 is 11.4 Å². The minimum absolute atomic E-state index is 0.0657. The first-order valence-corrected chi connectivity index (χ1v) is 5.67. The van der Waals surface area contributed by atoms with Crippen molar-refractivity contribution in [1.82, 2.24) is 0 Å². The Morgan fingerprint density at radius 1 is 1.41 bits per heavy atom. The molecule has 0 spiro atoms. The number of anilines is 2. The lowest BCUT2D eigenvalue weighted by Crippen LogP contribution is -2.43. The van der Waals surface area contributed by atoms with Crippen molar-refractivity contribution in [3.8, 4) is 0 Å². The molecule has 0 aromatic heterocycles. The van der Waals surface area contributed by atoms with Gasteiger partial charge in [0.15, 0.2) is 11.6 Å². The Bertz CT molecular complexity index is 425. The molecule has 1 heterocycles. The van der Waals surface area contributed by atoms with Crippen LogP contribution in [-0.2, 0) is 0 Å². The van der Waals surface area contributed by atoms with Crippen molar-refractivity contribution < 1.29 is 13.9 Å². The predicted molar refractivity (Wildman–Crippen MR) is 62.8 cm³/mol. The number of nitrogens with zero attached hydrogens (tertiary/aromatic N) is 1. The Morgan fingerprint density at radius 3 is 2.76 bits per heavy atom. The number of benzene rings is 1. The third-order valence-corrected chi connectivity index (χ3v) is 3.34. The highest BCUT2D eigenvalue weighted by Gasteiger charge is 2.27. The SMILES string of the molecule is CC1CCN(c2c(N)ccc(F)c2F)CC1O. The maximum Gasteiger partial charge on any atom is 0.184 e. The van der Waals surface area contributed by atoms with Gasteiger partial charge in [-0.3, -0.25) is 0 Å². The molecular weight excluding hydrogens is 226 g/mol. The molecule has 0 saturated carbocycles. The standard InChI is InChI=1S/C12H16F2N2O/c1-7-4-5-16(6-10(7)17)12-9(15)3-2-8(13)11(12)14/h2-3,7,10,17H,4-6,15H2,1H3. The maximum absolute atomic E-state index is 13.7. The van der Waals surface area contributed by atoms with Crippen LogP contribution in [0, 0.1) is 17.6 Å². The van der Waals surface area contributed by atoms with E-state index in [9.17, 15) is 13.9 Å². The van der Waals surface area contributed by atoms with Gasteiger partial charge in [0.2, 0.25) is 0 Å². The molecule has 5 heteroatoms. The topological polar surface area (TPSA) is 49.5 Å². The van der Waals surface area contributed by atoms with Gasteiger partial charge < -0.3 is 15.7 Å². The molecule has 17 heavy (non-hydrogen) atoms. The summed E-state index contributed by atoms with van der Waals surface area (Å²) >= 11 is 0. The van der Waals surface area contributed by atoms with Crippen LogP contribution in [0.1, 0.15) is 13.3 Å². The number of β-amino-alcohol motifs (C(OH)–C–C–N with tert-alkyl or cyclic N) is 1. The second-order valence-corrected chi connectivity index (χ2v) is 4.58. The molecule has 0 bridgehead atoms. The number of aliphatic hydroxyl groups is 1. The summed E-state index contributed by atoms with van der Waals surface area (Å²) in [6.07, 6.45) is 0.196. The van der Waals surface area contributed by atoms with Crippen LogP contribution < -0.4 is 10.6 Å². The Kier molecular flexibility index (Phi) is 3.19. The molecule has 2 atom stereocenters. The van der Waals surface area contributed by atoms with Crippen molar-refractivity contribution in [2.24, 2.45) is 5.92 Å². The Labute approximate surface area is 98.8 Å². The summed E-state index contributed by atoms with van der Waals surface area (Å²) in [5, 5.41) is 9.76. The van der Waals surface area contributed by atoms with Gasteiger partial charge in [-0.2, -0.15) is 0 Å². The van der Waals surface area contributed by atoms with Crippen molar-refractivity contribution in [3.05, 3.63) is 23.8 Å². The molecule has 1 aliphatic rings. The van der Waals surface area contributed by atoms with Crippen LogP contribution in [0.3, 0.4) is 0 Å². The van der Waals surface area contributed by atoms with Crippen molar-refractivity contribution in [2.75, 3.05) is 23.7 Å². The molecule has 0 aliphatic carbocycles. The number of piperidine rings is 1. The molecule has 1 aromatic rings. The summed E-state index contributed by atoms with van der Waals surface area (Å²) in [6, 6.07) is 2.36. The van der Waals surface area contributed by atoms with E-state index in [0.29, 0.717) is 6.54 Å². The number of hydrogen-bond donors (Lipinski definition) is 2. The number of rotatable bonds is 1. The van der Waals surface area contributed by atoms with E-state index in [1.54, 1.807) is 4.90 Å². The van der Waals surface area contributed by atoms with Crippen LogP contribution in [0.4, 0.5) is 20.2 Å². The molecule has 1 fully saturated rings. The fraction of sp³-hybridized carbons (Fsp3) is 0.500. The van der Waals surface area contributed by atoms with E-state index in [-0.39, 0.29) is 23.8 Å². The van der Waals surface area contributed by atoms with Crippen LogP contribution in [0.5, 0.6) is 0 Å². The van der Waals surface area contributed by atoms with Gasteiger partial charge in [-0.15, -0.1) is 0 Å². The molecule has 0 amide bonds. The number of aliphatic hydroxyl groups excluding tert-OH is 1. The minimum Gasteiger partial charge on any atom is -0.397 e. The van der Waals surface area contributed by atoms with Gasteiger partial charge in [-0.1, -0.05) is 6.92 Å².